The van der Waals surface area contributed by atoms with Crippen molar-refractivity contribution >= 4 is 0 Å². The minimum Gasteiger partial charge on any atom is -0.379 e. The van der Waals surface area contributed by atoms with Gasteiger partial charge in [-0.05, 0) is 12.8 Å². The van der Waals surface area contributed by atoms with Crippen LogP contribution >= 0.6 is 0 Å². The van der Waals surface area contributed by atoms with E-state index in [0.29, 0.717) is 17.5 Å². The molecule has 0 aromatic rings. The van der Waals surface area contributed by atoms with Crippen LogP contribution < -0.4 is 5.32 Å². The standard InChI is InChI=1S/C9H17NO/c1-9(2)6-11-5-7-3-4-8(9)10-7/h7-8,10H,3-6H2,1-2H3. The normalized spacial score (nSPS) is 42.0. The van der Waals surface area contributed by atoms with Crippen LogP contribution in [0.1, 0.15) is 26.7 Å². The van der Waals surface area contributed by atoms with Crippen LogP contribution in [0.4, 0.5) is 0 Å². The van der Waals surface area contributed by atoms with Crippen LogP contribution in [-0.2, 0) is 4.74 Å². The maximum Gasteiger partial charge on any atom is 0.0619 e. The lowest BCUT2D eigenvalue weighted by Gasteiger charge is -2.29. The SMILES string of the molecule is CC1(C)COCC2CCC1N2. The highest BCUT2D eigenvalue weighted by atomic mass is 16.5. The Morgan fingerprint density at radius 2 is 2.18 bits per heavy atom. The van der Waals surface area contributed by atoms with Crippen molar-refractivity contribution in [3.05, 3.63) is 0 Å². The van der Waals surface area contributed by atoms with E-state index in [9.17, 15) is 0 Å². The van der Waals surface area contributed by atoms with E-state index in [1.54, 1.807) is 0 Å². The summed E-state index contributed by atoms with van der Waals surface area (Å²) < 4.78 is 5.58. The van der Waals surface area contributed by atoms with Gasteiger partial charge < -0.3 is 10.1 Å². The van der Waals surface area contributed by atoms with Gasteiger partial charge in [-0.2, -0.15) is 0 Å². The van der Waals surface area contributed by atoms with Gasteiger partial charge in [0.2, 0.25) is 0 Å². The zero-order valence-corrected chi connectivity index (χ0v) is 7.39. The highest BCUT2D eigenvalue weighted by Gasteiger charge is 2.38. The Morgan fingerprint density at radius 1 is 1.36 bits per heavy atom. The molecule has 1 N–H and O–H groups in total. The largest absolute Gasteiger partial charge is 0.379 e. The second-order valence-corrected chi connectivity index (χ2v) is 4.50. The third-order valence-electron chi connectivity index (χ3n) is 2.98. The maximum atomic E-state index is 5.58. The number of rotatable bonds is 0. The lowest BCUT2D eigenvalue weighted by molar-refractivity contribution is 0.0571. The van der Waals surface area contributed by atoms with Crippen molar-refractivity contribution in [1.29, 1.82) is 0 Å². The molecule has 2 aliphatic rings. The first-order valence-electron chi connectivity index (χ1n) is 4.52. The molecule has 0 spiro atoms. The molecule has 2 rings (SSSR count). The number of hydrogen-bond donors (Lipinski definition) is 1. The summed E-state index contributed by atoms with van der Waals surface area (Å²) in [6, 6.07) is 1.33. The Balaban J connectivity index is 2.13. The van der Waals surface area contributed by atoms with Gasteiger partial charge in [0.05, 0.1) is 13.2 Å². The van der Waals surface area contributed by atoms with Gasteiger partial charge in [-0.3, -0.25) is 0 Å². The highest BCUT2D eigenvalue weighted by Crippen LogP contribution is 2.32. The number of fused-ring (bicyclic) bond motifs is 2. The molecule has 2 nitrogen and oxygen atoms in total. The Morgan fingerprint density at radius 3 is 3.00 bits per heavy atom. The van der Waals surface area contributed by atoms with E-state index < -0.39 is 0 Å². The molecule has 0 amide bonds. The van der Waals surface area contributed by atoms with Crippen LogP contribution in [-0.4, -0.2) is 25.3 Å². The minimum absolute atomic E-state index is 0.339. The van der Waals surface area contributed by atoms with Gasteiger partial charge in [0, 0.05) is 17.5 Å². The Bertz CT molecular complexity index is 156. The van der Waals surface area contributed by atoms with Crippen LogP contribution in [0.3, 0.4) is 0 Å². The van der Waals surface area contributed by atoms with Crippen molar-refractivity contribution in [3.8, 4) is 0 Å². The predicted molar refractivity (Wildman–Crippen MR) is 44.5 cm³/mol. The van der Waals surface area contributed by atoms with Crippen LogP contribution in [0, 0.1) is 5.41 Å². The molecule has 2 heteroatoms. The lowest BCUT2D eigenvalue weighted by atomic mass is 9.84. The molecule has 0 aromatic carbocycles. The molecule has 2 atom stereocenters. The average molecular weight is 155 g/mol. The van der Waals surface area contributed by atoms with Crippen LogP contribution in [0.25, 0.3) is 0 Å². The second-order valence-electron chi connectivity index (χ2n) is 4.50. The molecular weight excluding hydrogens is 138 g/mol. The van der Waals surface area contributed by atoms with Gasteiger partial charge >= 0.3 is 0 Å². The molecule has 2 heterocycles. The van der Waals surface area contributed by atoms with E-state index in [-0.39, 0.29) is 0 Å². The van der Waals surface area contributed by atoms with Crippen molar-refractivity contribution in [1.82, 2.24) is 5.32 Å². The minimum atomic E-state index is 0.339. The monoisotopic (exact) mass is 155 g/mol. The van der Waals surface area contributed by atoms with E-state index in [2.05, 4.69) is 19.2 Å². The predicted octanol–water partition coefficient (Wildman–Crippen LogP) is 1.16. The van der Waals surface area contributed by atoms with Gasteiger partial charge in [0.15, 0.2) is 0 Å². The average Bonchev–Trinajstić information content (AvgIpc) is 2.30. The van der Waals surface area contributed by atoms with E-state index in [1.165, 1.54) is 12.8 Å². The Labute approximate surface area is 68.3 Å². The quantitative estimate of drug-likeness (QED) is 0.567. The summed E-state index contributed by atoms with van der Waals surface area (Å²) in [6.07, 6.45) is 2.63. The molecule has 2 bridgehead atoms. The zero-order chi connectivity index (χ0) is 7.90. The van der Waals surface area contributed by atoms with Gasteiger partial charge in [-0.1, -0.05) is 13.8 Å². The molecule has 2 saturated heterocycles. The van der Waals surface area contributed by atoms with Crippen molar-refractivity contribution in [2.45, 2.75) is 38.8 Å². The third kappa shape index (κ3) is 1.30. The number of hydrogen-bond acceptors (Lipinski definition) is 2. The lowest BCUT2D eigenvalue weighted by Crippen LogP contribution is -2.39. The van der Waals surface area contributed by atoms with Gasteiger partial charge in [-0.15, -0.1) is 0 Å². The van der Waals surface area contributed by atoms with Crippen molar-refractivity contribution in [3.63, 3.8) is 0 Å². The molecular formula is C9H17NO. The van der Waals surface area contributed by atoms with Crippen molar-refractivity contribution < 1.29 is 4.74 Å². The van der Waals surface area contributed by atoms with E-state index in [0.717, 1.165) is 13.2 Å². The molecule has 2 unspecified atom stereocenters. The highest BCUT2D eigenvalue weighted by molar-refractivity contribution is 4.94. The third-order valence-corrected chi connectivity index (χ3v) is 2.98. The van der Waals surface area contributed by atoms with E-state index >= 15 is 0 Å². The molecule has 2 fully saturated rings. The second kappa shape index (κ2) is 2.46. The summed E-state index contributed by atoms with van der Waals surface area (Å²) in [6.45, 7) is 6.41. The summed E-state index contributed by atoms with van der Waals surface area (Å²) in [7, 11) is 0. The fourth-order valence-electron chi connectivity index (χ4n) is 2.13. The number of nitrogens with one attached hydrogen (secondary N) is 1. The van der Waals surface area contributed by atoms with Crippen LogP contribution in [0.2, 0.25) is 0 Å². The first kappa shape index (κ1) is 7.56. The zero-order valence-electron chi connectivity index (χ0n) is 7.39. The maximum absolute atomic E-state index is 5.58. The summed E-state index contributed by atoms with van der Waals surface area (Å²) in [5.74, 6) is 0. The summed E-state index contributed by atoms with van der Waals surface area (Å²) in [5.41, 5.74) is 0.339. The van der Waals surface area contributed by atoms with Gasteiger partial charge in [0.25, 0.3) is 0 Å². The van der Waals surface area contributed by atoms with Crippen LogP contribution in [0.5, 0.6) is 0 Å². The molecule has 0 aliphatic carbocycles. The Kier molecular flexibility index (Phi) is 1.69. The van der Waals surface area contributed by atoms with Gasteiger partial charge in [0.1, 0.15) is 0 Å². The molecule has 0 aromatic heterocycles. The molecule has 64 valence electrons. The van der Waals surface area contributed by atoms with E-state index in [1.807, 2.05) is 0 Å². The fraction of sp³-hybridized carbons (Fsp3) is 1.00. The Hall–Kier alpha value is -0.0800. The van der Waals surface area contributed by atoms with Crippen molar-refractivity contribution in [2.24, 2.45) is 5.41 Å². The molecule has 0 radical (unpaired) electrons. The van der Waals surface area contributed by atoms with Gasteiger partial charge in [-0.25, -0.2) is 0 Å². The first-order chi connectivity index (χ1) is 5.18. The van der Waals surface area contributed by atoms with E-state index in [4.69, 9.17) is 4.74 Å². The summed E-state index contributed by atoms with van der Waals surface area (Å²) in [4.78, 5) is 0. The molecule has 2 aliphatic heterocycles. The smallest absolute Gasteiger partial charge is 0.0619 e. The summed E-state index contributed by atoms with van der Waals surface area (Å²) >= 11 is 0. The summed E-state index contributed by atoms with van der Waals surface area (Å²) in [5, 5.41) is 3.62. The molecule has 11 heavy (non-hydrogen) atoms. The topological polar surface area (TPSA) is 21.3 Å². The fourth-order valence-corrected chi connectivity index (χ4v) is 2.13. The number of ether oxygens (including phenoxy) is 1. The van der Waals surface area contributed by atoms with Crippen LogP contribution in [0.15, 0.2) is 0 Å². The molecule has 0 saturated carbocycles. The van der Waals surface area contributed by atoms with Crippen molar-refractivity contribution in [2.75, 3.05) is 13.2 Å². The first-order valence-corrected chi connectivity index (χ1v) is 4.52.